The van der Waals surface area contributed by atoms with Crippen molar-refractivity contribution < 1.29 is 34.5 Å². The molecule has 2 nitrogen and oxygen atoms in total. The van der Waals surface area contributed by atoms with Crippen LogP contribution in [0.3, 0.4) is 0 Å². The second-order valence-corrected chi connectivity index (χ2v) is 28.8. The number of halogens is 6. The molecule has 0 atom stereocenters. The maximum absolute atomic E-state index is 10.7. The molecule has 101 heavy (non-hydrogen) atoms. The Labute approximate surface area is 599 Å². The Balaban J connectivity index is 0.00000161. The van der Waals surface area contributed by atoms with Crippen molar-refractivity contribution in [2.45, 2.75) is 119 Å². The van der Waals surface area contributed by atoms with Crippen molar-refractivity contribution in [1.82, 2.24) is 0 Å². The molecule has 0 saturated heterocycles. The summed E-state index contributed by atoms with van der Waals surface area (Å²) >= 11 is 1.83. The number of benzene rings is 9. The zero-order chi connectivity index (χ0) is 71.8. The van der Waals surface area contributed by atoms with Crippen LogP contribution in [-0.2, 0) is 45.6 Å². The van der Waals surface area contributed by atoms with Gasteiger partial charge in [-0.3, -0.25) is 0 Å². The van der Waals surface area contributed by atoms with Gasteiger partial charge in [-0.1, -0.05) is 334 Å². The van der Waals surface area contributed by atoms with Crippen molar-refractivity contribution in [2.24, 2.45) is 7.05 Å². The molecule has 10 aromatic rings. The SMILES string of the molecule is CCCc1cc(/C=C/c2ccc(/C=C/c3cc(CCC)c(/C=C/c4ccc(/C=C/c5cc(CCC)c(/C=C/c6ccc(/C=C/c7sc8ccccc8[n+]7C)cc6)cc5CCC)cc4)cc3CCC)cc2)c(CCC)cc1/C=C/c1ccc(/C=C/c2ccc(OC)cc2)cc1.F[P-](F)(F)(F)(F)F. The van der Waals surface area contributed by atoms with Crippen LogP contribution in [0.5, 0.6) is 5.75 Å². The molecule has 0 aliphatic rings. The third kappa shape index (κ3) is 24.2. The van der Waals surface area contributed by atoms with Gasteiger partial charge in [-0.15, -0.1) is 0 Å². The van der Waals surface area contributed by atoms with Crippen molar-refractivity contribution in [3.05, 3.63) is 304 Å². The summed E-state index contributed by atoms with van der Waals surface area (Å²) in [6.07, 6.45) is 49.2. The van der Waals surface area contributed by atoms with Gasteiger partial charge in [-0.05, 0) is 180 Å². The van der Waals surface area contributed by atoms with E-state index in [1.165, 1.54) is 126 Å². The van der Waals surface area contributed by atoms with Crippen LogP contribution in [-0.4, -0.2) is 7.11 Å². The van der Waals surface area contributed by atoms with Gasteiger partial charge in [0.05, 0.1) is 7.11 Å². The Morgan fingerprint density at radius 2 is 0.515 bits per heavy atom. The molecule has 0 fully saturated rings. The van der Waals surface area contributed by atoms with E-state index in [-0.39, 0.29) is 0 Å². The Morgan fingerprint density at radius 1 is 0.307 bits per heavy atom. The fourth-order valence-corrected chi connectivity index (χ4v) is 13.4. The molecule has 9 aromatic carbocycles. The summed E-state index contributed by atoms with van der Waals surface area (Å²) in [4.78, 5) is 0. The molecule has 0 aliphatic heterocycles. The molecule has 0 unspecified atom stereocenters. The van der Waals surface area contributed by atoms with Gasteiger partial charge in [0.15, 0.2) is 0 Å². The van der Waals surface area contributed by atoms with E-state index in [2.05, 4.69) is 320 Å². The summed E-state index contributed by atoms with van der Waals surface area (Å²) in [5.74, 6) is 0.869. The minimum absolute atomic E-state index is 0.869. The van der Waals surface area contributed by atoms with Gasteiger partial charge in [0.2, 0.25) is 5.52 Å². The Kier molecular flexibility index (Phi) is 26.5. The molecule has 0 saturated carbocycles. The third-order valence-corrected chi connectivity index (χ3v) is 18.8. The van der Waals surface area contributed by atoms with Crippen LogP contribution in [0.25, 0.3) is 107 Å². The molecule has 0 spiro atoms. The zero-order valence-corrected chi connectivity index (χ0v) is 61.2. The minimum atomic E-state index is -10.7. The molecule has 10 rings (SSSR count). The monoisotopic (exact) mass is 1390 g/mol. The first kappa shape index (κ1) is 75.8. The Morgan fingerprint density at radius 3 is 0.733 bits per heavy atom. The predicted molar refractivity (Wildman–Crippen MR) is 430 cm³/mol. The molecular weight excluding hydrogens is 1300 g/mol. The van der Waals surface area contributed by atoms with E-state index in [1.54, 1.807) is 7.11 Å². The number of nitrogens with zero attached hydrogens (tertiary/aromatic N) is 1. The molecular formula is C91H94F6NOPS. The van der Waals surface area contributed by atoms with E-state index < -0.39 is 7.81 Å². The summed E-state index contributed by atoms with van der Waals surface area (Å²) in [6.45, 7) is 13.7. The molecule has 1 heterocycles. The first-order valence-corrected chi connectivity index (χ1v) is 38.3. The van der Waals surface area contributed by atoms with Gasteiger partial charge in [-0.2, -0.15) is 4.57 Å². The van der Waals surface area contributed by atoms with Crippen LogP contribution in [0.4, 0.5) is 25.2 Å². The molecule has 1 aromatic heterocycles. The number of methoxy groups -OCH3 is 1. The summed E-state index contributed by atoms with van der Waals surface area (Å²) in [7, 11) is -6.82. The van der Waals surface area contributed by atoms with Gasteiger partial charge >= 0.3 is 33.0 Å². The van der Waals surface area contributed by atoms with Gasteiger partial charge in [-0.25, -0.2) is 0 Å². The van der Waals surface area contributed by atoms with Gasteiger partial charge < -0.3 is 4.74 Å². The molecule has 522 valence electrons. The number of para-hydroxylation sites is 1. The van der Waals surface area contributed by atoms with Crippen molar-refractivity contribution in [3.8, 4) is 5.75 Å². The van der Waals surface area contributed by atoms with Gasteiger partial charge in [0.1, 0.15) is 17.5 Å². The van der Waals surface area contributed by atoms with E-state index in [4.69, 9.17) is 4.74 Å². The number of aromatic nitrogens is 1. The van der Waals surface area contributed by atoms with E-state index in [0.717, 1.165) is 88.4 Å². The predicted octanol–water partition coefficient (Wildman–Crippen LogP) is 28.2. The average molecular weight is 1390 g/mol. The third-order valence-electron chi connectivity index (χ3n) is 17.6. The van der Waals surface area contributed by atoms with Crippen LogP contribution in [0.2, 0.25) is 0 Å². The van der Waals surface area contributed by atoms with Crippen molar-refractivity contribution in [1.29, 1.82) is 0 Å². The summed E-state index contributed by atoms with van der Waals surface area (Å²) < 4.78 is 68.1. The van der Waals surface area contributed by atoms with Crippen molar-refractivity contribution in [2.75, 3.05) is 7.11 Å². The van der Waals surface area contributed by atoms with Crippen LogP contribution in [0, 0.1) is 0 Å². The molecule has 0 amide bonds. The second kappa shape index (κ2) is 35.3. The number of fused-ring (bicyclic) bond motifs is 1. The van der Waals surface area contributed by atoms with E-state index in [1.807, 2.05) is 23.5 Å². The summed E-state index contributed by atoms with van der Waals surface area (Å²) in [5.41, 5.74) is 28.3. The number of hydrogen-bond acceptors (Lipinski definition) is 2. The second-order valence-electron chi connectivity index (χ2n) is 25.8. The average Bonchev–Trinajstić information content (AvgIpc) is 1.69. The van der Waals surface area contributed by atoms with Gasteiger partial charge in [0, 0.05) is 12.1 Å². The standard InChI is InChI=1S/C91H94NOS.F6P/c1-9-17-76-62-83(77(18-10-2)61-82(76)52-43-68-28-25-67(26-29-68)27-42-75-49-58-88(93-8)59-50-75)53-44-69-30-32-70(33-31-69)45-54-84-63-79(20-12-4)85(64-78(84)19-11-3)55-46-71-34-36-72(37-35-71)47-56-86-65-81(22-14-6)87(66-80(86)21-13-5)57-48-73-38-40-74(41-39-73)51-60-91-92(7)89-23-15-16-24-90(89)94-91;1-7(2,3,4,5)6/h15-16,23-66H,9-14,17-22H2,1-8H3;/q+1;-1/b42-27+,52-43+,53-44+,54-45+,55-46+,56-47+,57-48+,60-51+;. The first-order chi connectivity index (χ1) is 48.6. The molecule has 0 aliphatic carbocycles. The van der Waals surface area contributed by atoms with Crippen LogP contribution in [0.15, 0.2) is 182 Å². The first-order valence-electron chi connectivity index (χ1n) is 35.5. The van der Waals surface area contributed by atoms with Crippen molar-refractivity contribution >= 4 is 127 Å². The topological polar surface area (TPSA) is 13.1 Å². The van der Waals surface area contributed by atoms with E-state index in [0.29, 0.717) is 0 Å². The fraction of sp³-hybridized carbons (Fsp3) is 0.220. The summed E-state index contributed by atoms with van der Waals surface area (Å²) in [6, 6.07) is 67.1. The molecule has 0 radical (unpaired) electrons. The number of hydrogen-bond donors (Lipinski definition) is 0. The van der Waals surface area contributed by atoms with Crippen LogP contribution >= 0.6 is 19.1 Å². The molecule has 0 N–H and O–H groups in total. The van der Waals surface area contributed by atoms with E-state index in [9.17, 15) is 25.2 Å². The van der Waals surface area contributed by atoms with Crippen LogP contribution < -0.4 is 9.30 Å². The number of thiazole rings is 1. The Bertz CT molecular complexity index is 4630. The number of rotatable bonds is 29. The quantitative estimate of drug-likeness (QED) is 0.0197. The summed E-state index contributed by atoms with van der Waals surface area (Å²) in [5, 5.41) is 1.24. The Hall–Kier alpha value is -9.40. The normalized spacial score (nSPS) is 13.0. The zero-order valence-electron chi connectivity index (χ0n) is 59.5. The maximum atomic E-state index is 9.87. The molecule has 10 heteroatoms. The molecule has 0 bridgehead atoms. The van der Waals surface area contributed by atoms with Gasteiger partial charge in [0.25, 0.3) is 5.01 Å². The van der Waals surface area contributed by atoms with Crippen molar-refractivity contribution in [3.63, 3.8) is 0 Å². The number of aryl methyl sites for hydroxylation is 7. The number of ether oxygens (including phenoxy) is 1. The fourth-order valence-electron chi connectivity index (χ4n) is 12.4. The van der Waals surface area contributed by atoms with Crippen LogP contribution in [0.1, 0.15) is 202 Å². The van der Waals surface area contributed by atoms with E-state index >= 15 is 0 Å².